The summed E-state index contributed by atoms with van der Waals surface area (Å²) in [5.74, 6) is -14.0. The molecule has 20 N–H and O–H groups in total. The van der Waals surface area contributed by atoms with Gasteiger partial charge in [-0.2, -0.15) is 0 Å². The van der Waals surface area contributed by atoms with E-state index in [0.29, 0.717) is 30.5 Å². The minimum atomic E-state index is -1.47. The Labute approximate surface area is 590 Å². The zero-order valence-electron chi connectivity index (χ0n) is 58.2. The molecule has 2 unspecified atom stereocenters. The highest BCUT2D eigenvalue weighted by Gasteiger charge is 2.43. The number of nitrogens with one attached hydrogen (secondary N) is 6. The molecule has 8 amide bonds. The standard InChI is InChI=1S/C65H102N18O19/c1-5-39(4)55(60(98)77-47(63(101)102)31-38(2)3)78-57(95)46(32-40-15-18-42(84)19-16-40)76-59(97)49-14-10-26-83(49)62(100)45(12-8-23-70-64(67)68)75-56(94)43(20-17-41-21-24-71-65(69)72-41)74-58(96)48-13-9-25-82(48)61(99)44(11-6-7-22-66)73-50(85)33-80(35-52(88)89)29-27-79(34-51(86)87)28-30-81(36-53(90)91)37-54(92)93/h15-16,18-19,21,24,38-39,43-49,55,84H,5-14,17,20,22-23,25-37,66H2,1-4H3,(H,73,85)(H,74,96)(H,75,94)(H,76,97)(H,77,98)(H,78,95)(H,86,87)(H,88,89)(H,90,91)(H,92,93)(H,101,102)(H4,67,68,70)(H2,69,71,72)/t39-,43-,44+,45-,46-,47-,48?,49?,55-/m0/s1. The number of phenols is 1. The lowest BCUT2D eigenvalue weighted by Crippen LogP contribution is -2.60. The van der Waals surface area contributed by atoms with Gasteiger partial charge in [-0.1, -0.05) is 46.2 Å². The van der Waals surface area contributed by atoms with Crippen molar-refractivity contribution in [3.63, 3.8) is 0 Å². The minimum Gasteiger partial charge on any atom is -0.508 e. The SMILES string of the molecule is CC[C@H](C)[C@H](NC(=O)[C@H](Cc1ccc(O)cc1)NC(=O)C1CCCN1C(=O)[C@H](CCCN=C(N)N)NC(=O)[C@H](CCc1ccnc(N)n1)NC(=O)C1CCCN1C(=O)[C@@H](CCCCN)NC(=O)CN(CCN(CCN(CC(=O)O)CC(=O)O)CC(=O)O)CC(=O)O)C(=O)N[C@@H](CC(C)C)C(=O)O. The van der Waals surface area contributed by atoms with Crippen LogP contribution >= 0.6 is 0 Å². The van der Waals surface area contributed by atoms with Crippen LogP contribution in [0.1, 0.15) is 116 Å². The summed E-state index contributed by atoms with van der Waals surface area (Å²) in [6.45, 7) is 3.21. The van der Waals surface area contributed by atoms with Crippen LogP contribution in [-0.4, -0.2) is 282 Å². The molecule has 2 aromatic rings. The number of carbonyl (C=O) groups excluding carboxylic acids is 8. The van der Waals surface area contributed by atoms with Gasteiger partial charge in [0, 0.05) is 64.1 Å². The summed E-state index contributed by atoms with van der Waals surface area (Å²) in [6.07, 6.45) is 2.98. The number of guanidine groups is 1. The van der Waals surface area contributed by atoms with Gasteiger partial charge in [-0.15, -0.1) is 0 Å². The first-order valence-corrected chi connectivity index (χ1v) is 34.1. The summed E-state index contributed by atoms with van der Waals surface area (Å²) in [6, 6.07) is -3.27. The summed E-state index contributed by atoms with van der Waals surface area (Å²) < 4.78 is 0. The molecule has 566 valence electrons. The van der Waals surface area contributed by atoms with Crippen LogP contribution in [-0.2, 0) is 75.2 Å². The lowest BCUT2D eigenvalue weighted by Gasteiger charge is -2.32. The Kier molecular flexibility index (Phi) is 35.7. The number of carboxylic acid groups (broad SMARTS) is 5. The van der Waals surface area contributed by atoms with E-state index in [1.54, 1.807) is 27.7 Å². The third-order valence-corrected chi connectivity index (χ3v) is 17.3. The Morgan fingerprint density at radius 1 is 0.598 bits per heavy atom. The number of amides is 8. The second kappa shape index (κ2) is 43.0. The average molecular weight is 1440 g/mol. The fourth-order valence-corrected chi connectivity index (χ4v) is 11.9. The minimum absolute atomic E-state index is 0.00243. The highest BCUT2D eigenvalue weighted by atomic mass is 16.4. The quantitative estimate of drug-likeness (QED) is 0.0173. The number of carbonyl (C=O) groups is 13. The maximum atomic E-state index is 15.1. The molecule has 37 heteroatoms. The number of likely N-dealkylation sites (tertiary alicyclic amines) is 2. The molecule has 1 aromatic carbocycles. The summed E-state index contributed by atoms with van der Waals surface area (Å²) in [5, 5.41) is 74.3. The normalized spacial score (nSPS) is 16.4. The largest absolute Gasteiger partial charge is 0.508 e. The molecule has 2 aliphatic heterocycles. The van der Waals surface area contributed by atoms with Crippen LogP contribution in [0, 0.1) is 11.8 Å². The number of hydrogen-bond donors (Lipinski definition) is 16. The van der Waals surface area contributed by atoms with Crippen molar-refractivity contribution in [3.8, 4) is 5.75 Å². The topological polar surface area (TPSA) is 574 Å². The molecule has 4 rings (SSSR count). The van der Waals surface area contributed by atoms with Gasteiger partial charge in [0.1, 0.15) is 54.1 Å². The van der Waals surface area contributed by atoms with E-state index in [0.717, 1.165) is 4.90 Å². The number of aliphatic imine (C=N–C) groups is 1. The van der Waals surface area contributed by atoms with Gasteiger partial charge in [0.15, 0.2) is 5.96 Å². The number of anilines is 1. The molecule has 1 aromatic heterocycles. The van der Waals surface area contributed by atoms with Crippen LogP contribution in [0.25, 0.3) is 0 Å². The first-order chi connectivity index (χ1) is 48.3. The van der Waals surface area contributed by atoms with E-state index in [4.69, 9.17) is 22.9 Å². The molecular weight excluding hydrogens is 1340 g/mol. The van der Waals surface area contributed by atoms with Gasteiger partial charge in [0.2, 0.25) is 53.2 Å². The molecule has 2 fully saturated rings. The Bertz CT molecular complexity index is 3200. The average Bonchev–Trinajstić information content (AvgIpc) is 1.62. The van der Waals surface area contributed by atoms with Crippen molar-refractivity contribution < 1.29 is 93.0 Å². The predicted octanol–water partition coefficient (Wildman–Crippen LogP) is -3.57. The first-order valence-electron chi connectivity index (χ1n) is 34.1. The molecule has 2 aliphatic rings. The van der Waals surface area contributed by atoms with E-state index in [1.807, 2.05) is 0 Å². The number of unbranched alkanes of at least 4 members (excludes halogenated alkanes) is 1. The van der Waals surface area contributed by atoms with Gasteiger partial charge in [0.05, 0.1) is 32.7 Å². The van der Waals surface area contributed by atoms with E-state index in [2.05, 4.69) is 46.9 Å². The van der Waals surface area contributed by atoms with Gasteiger partial charge in [-0.25, -0.2) is 14.8 Å². The second-order valence-corrected chi connectivity index (χ2v) is 25.9. The summed E-state index contributed by atoms with van der Waals surface area (Å²) in [7, 11) is 0. The van der Waals surface area contributed by atoms with Crippen LogP contribution in [0.4, 0.5) is 5.95 Å². The summed E-state index contributed by atoms with van der Waals surface area (Å²) in [4.78, 5) is 194. The molecule has 0 saturated carbocycles. The number of hydrogen-bond acceptors (Lipinski definition) is 22. The molecule has 0 bridgehead atoms. The maximum absolute atomic E-state index is 15.1. The lowest BCUT2D eigenvalue weighted by atomic mass is 9.96. The lowest BCUT2D eigenvalue weighted by molar-refractivity contribution is -0.144. The number of rotatable bonds is 47. The number of nitrogen functional groups attached to an aromatic ring is 1. The number of aliphatic carboxylic acids is 5. The van der Waals surface area contributed by atoms with Crippen LogP contribution in [0.5, 0.6) is 5.75 Å². The molecular formula is C65H102N18O19. The van der Waals surface area contributed by atoms with Crippen LogP contribution in [0.15, 0.2) is 41.5 Å². The highest BCUT2D eigenvalue weighted by molar-refractivity contribution is 5.98. The van der Waals surface area contributed by atoms with Crippen LogP contribution in [0.3, 0.4) is 0 Å². The summed E-state index contributed by atoms with van der Waals surface area (Å²) >= 11 is 0. The number of aromatic hydroxyl groups is 1. The molecule has 37 nitrogen and oxygen atoms in total. The fraction of sp³-hybridized carbons (Fsp3) is 0.631. The van der Waals surface area contributed by atoms with Gasteiger partial charge in [-0.05, 0) is 119 Å². The van der Waals surface area contributed by atoms with E-state index >= 15 is 4.79 Å². The van der Waals surface area contributed by atoms with Crippen LogP contribution < -0.4 is 54.8 Å². The number of aryl methyl sites for hydroxylation is 1. The van der Waals surface area contributed by atoms with Crippen molar-refractivity contribution in [1.82, 2.24) is 66.4 Å². The Balaban J connectivity index is 1.63. The van der Waals surface area contributed by atoms with E-state index in [9.17, 15) is 88.2 Å². The van der Waals surface area contributed by atoms with E-state index < -0.39 is 164 Å². The van der Waals surface area contributed by atoms with Crippen LogP contribution in [0.2, 0.25) is 0 Å². The number of phenolic OH excluding ortho intramolecular Hbond substituents is 1. The monoisotopic (exact) mass is 1440 g/mol. The van der Waals surface area contributed by atoms with Gasteiger partial charge in [-0.3, -0.25) is 77.2 Å². The van der Waals surface area contributed by atoms with Gasteiger partial charge < -0.3 is 95.3 Å². The zero-order chi connectivity index (χ0) is 75.8. The molecule has 9 atom stereocenters. The van der Waals surface area contributed by atoms with Crippen molar-refractivity contribution in [3.05, 3.63) is 47.8 Å². The molecule has 3 heterocycles. The Morgan fingerprint density at radius 2 is 1.10 bits per heavy atom. The second-order valence-electron chi connectivity index (χ2n) is 25.9. The number of aromatic nitrogens is 2. The Hall–Kier alpha value is -9.88. The predicted molar refractivity (Wildman–Crippen MR) is 367 cm³/mol. The maximum Gasteiger partial charge on any atom is 0.326 e. The van der Waals surface area contributed by atoms with E-state index in [-0.39, 0.29) is 147 Å². The number of nitrogens with zero attached hydrogens (tertiary/aromatic N) is 8. The van der Waals surface area contributed by atoms with Crippen molar-refractivity contribution in [2.45, 2.75) is 166 Å². The Morgan fingerprint density at radius 3 is 1.61 bits per heavy atom. The summed E-state index contributed by atoms with van der Waals surface area (Å²) in [5.41, 5.74) is 23.8. The number of carboxylic acids is 5. The molecule has 102 heavy (non-hydrogen) atoms. The van der Waals surface area contributed by atoms with Crippen molar-refractivity contribution >= 4 is 89.0 Å². The molecule has 2 saturated heterocycles. The molecule has 0 aliphatic carbocycles. The number of nitrogens with two attached hydrogens (primary N) is 4. The zero-order valence-corrected chi connectivity index (χ0v) is 58.2. The van der Waals surface area contributed by atoms with Crippen molar-refractivity contribution in [2.75, 3.05) is 90.8 Å². The number of benzene rings is 1. The molecule has 0 spiro atoms. The fourth-order valence-electron chi connectivity index (χ4n) is 11.9. The van der Waals surface area contributed by atoms with Gasteiger partial charge >= 0.3 is 29.8 Å². The third-order valence-electron chi connectivity index (χ3n) is 17.3. The van der Waals surface area contributed by atoms with Crippen molar-refractivity contribution in [2.24, 2.45) is 34.0 Å². The van der Waals surface area contributed by atoms with E-state index in [1.165, 1.54) is 56.1 Å². The van der Waals surface area contributed by atoms with Gasteiger partial charge in [0.25, 0.3) is 0 Å². The molecule has 0 radical (unpaired) electrons. The van der Waals surface area contributed by atoms with Crippen molar-refractivity contribution in [1.29, 1.82) is 0 Å². The first kappa shape index (κ1) is 84.5. The third kappa shape index (κ3) is 29.7. The highest BCUT2D eigenvalue weighted by Crippen LogP contribution is 2.24. The smallest absolute Gasteiger partial charge is 0.326 e.